The monoisotopic (exact) mass is 352 g/mol. The first-order valence-electron chi connectivity index (χ1n) is 8.79. The molecule has 26 heavy (non-hydrogen) atoms. The van der Waals surface area contributed by atoms with E-state index in [0.29, 0.717) is 29.4 Å². The van der Waals surface area contributed by atoms with Crippen molar-refractivity contribution in [3.63, 3.8) is 0 Å². The second-order valence-corrected chi connectivity index (χ2v) is 6.64. The summed E-state index contributed by atoms with van der Waals surface area (Å²) in [6.45, 7) is 13.0. The van der Waals surface area contributed by atoms with E-state index in [0.717, 1.165) is 29.2 Å². The van der Waals surface area contributed by atoms with Gasteiger partial charge in [0, 0.05) is 35.2 Å². The number of aromatic nitrogens is 5. The van der Waals surface area contributed by atoms with Gasteiger partial charge in [-0.15, -0.1) is 0 Å². The van der Waals surface area contributed by atoms with Crippen LogP contribution in [0.2, 0.25) is 0 Å². The molecule has 0 atom stereocenters. The van der Waals surface area contributed by atoms with E-state index in [1.165, 1.54) is 0 Å². The normalized spacial score (nSPS) is 11.2. The highest BCUT2D eigenvalue weighted by Gasteiger charge is 2.17. The fraction of sp³-hybridized carbons (Fsp3) is 0.421. The molecule has 0 amide bonds. The van der Waals surface area contributed by atoms with Crippen LogP contribution in [-0.4, -0.2) is 37.7 Å². The van der Waals surface area contributed by atoms with E-state index in [9.17, 15) is 0 Å². The summed E-state index contributed by atoms with van der Waals surface area (Å²) in [6, 6.07) is 6.03. The summed E-state index contributed by atoms with van der Waals surface area (Å²) in [5.74, 6) is 1.60. The van der Waals surface area contributed by atoms with Crippen LogP contribution in [0.3, 0.4) is 0 Å². The number of nitrogens with zero attached hydrogens (tertiary/aromatic N) is 6. The van der Waals surface area contributed by atoms with Crippen LogP contribution in [0.15, 0.2) is 22.7 Å². The molecular weight excluding hydrogens is 328 g/mol. The van der Waals surface area contributed by atoms with Gasteiger partial charge in [0.1, 0.15) is 5.69 Å². The van der Waals surface area contributed by atoms with E-state index in [2.05, 4.69) is 50.8 Å². The first kappa shape index (κ1) is 18.0. The van der Waals surface area contributed by atoms with E-state index in [1.54, 1.807) is 0 Å². The molecule has 7 heteroatoms. The summed E-state index contributed by atoms with van der Waals surface area (Å²) in [5.41, 5.74) is 4.21. The summed E-state index contributed by atoms with van der Waals surface area (Å²) >= 11 is 0. The summed E-state index contributed by atoms with van der Waals surface area (Å²) in [6.07, 6.45) is 0. The molecule has 0 saturated carbocycles. The molecule has 0 spiro atoms. The lowest BCUT2D eigenvalue weighted by Crippen LogP contribution is -2.32. The molecular formula is C19H24N6O. The Morgan fingerprint density at radius 1 is 0.923 bits per heavy atom. The van der Waals surface area contributed by atoms with Crippen LogP contribution >= 0.6 is 0 Å². The molecule has 0 fully saturated rings. The fourth-order valence-electron chi connectivity index (χ4n) is 2.94. The first-order chi connectivity index (χ1) is 12.4. The Hall–Kier alpha value is -2.83. The average molecular weight is 352 g/mol. The van der Waals surface area contributed by atoms with Gasteiger partial charge in [-0.3, -0.25) is 4.98 Å². The van der Waals surface area contributed by atoms with Crippen LogP contribution in [0.1, 0.15) is 37.9 Å². The Morgan fingerprint density at radius 3 is 2.19 bits per heavy atom. The average Bonchev–Trinajstić information content (AvgIpc) is 3.04. The molecule has 3 heterocycles. The Balaban J connectivity index is 2.00. The minimum absolute atomic E-state index is 0.304. The zero-order chi connectivity index (χ0) is 18.8. The molecule has 3 rings (SSSR count). The Morgan fingerprint density at radius 2 is 1.58 bits per heavy atom. The zero-order valence-electron chi connectivity index (χ0n) is 16.1. The van der Waals surface area contributed by atoms with E-state index in [4.69, 9.17) is 4.52 Å². The number of anilines is 1. The van der Waals surface area contributed by atoms with Crippen molar-refractivity contribution in [2.75, 3.05) is 11.4 Å². The molecule has 0 aliphatic rings. The third-order valence-corrected chi connectivity index (χ3v) is 4.05. The number of rotatable bonds is 5. The van der Waals surface area contributed by atoms with Crippen molar-refractivity contribution in [1.82, 2.24) is 25.1 Å². The zero-order valence-corrected chi connectivity index (χ0v) is 16.1. The van der Waals surface area contributed by atoms with Crippen molar-refractivity contribution in [2.24, 2.45) is 0 Å². The number of hydrogen-bond acceptors (Lipinski definition) is 7. The molecule has 0 saturated heterocycles. The molecule has 0 radical (unpaired) electrons. The van der Waals surface area contributed by atoms with Gasteiger partial charge in [-0.05, 0) is 59.7 Å². The summed E-state index contributed by atoms with van der Waals surface area (Å²) in [4.78, 5) is 20.3. The Kier molecular flexibility index (Phi) is 4.97. The molecule has 0 aliphatic heterocycles. The molecule has 3 aromatic rings. The maximum atomic E-state index is 5.47. The molecule has 0 aromatic carbocycles. The Labute approximate surface area is 153 Å². The van der Waals surface area contributed by atoms with Crippen molar-refractivity contribution in [1.29, 1.82) is 0 Å². The lowest BCUT2D eigenvalue weighted by Gasteiger charge is -2.25. The van der Waals surface area contributed by atoms with Gasteiger partial charge in [0.15, 0.2) is 0 Å². The number of hydrogen-bond donors (Lipinski definition) is 0. The lowest BCUT2D eigenvalue weighted by molar-refractivity contribution is 0.432. The molecule has 3 aromatic heterocycles. The Bertz CT molecular complexity index is 898. The highest BCUT2D eigenvalue weighted by atomic mass is 16.5. The molecule has 7 nitrogen and oxygen atoms in total. The van der Waals surface area contributed by atoms with Gasteiger partial charge >= 0.3 is 0 Å². The van der Waals surface area contributed by atoms with Gasteiger partial charge in [0.25, 0.3) is 5.89 Å². The van der Waals surface area contributed by atoms with Crippen LogP contribution in [-0.2, 0) is 0 Å². The number of aryl methyl sites for hydroxylation is 3. The summed E-state index contributed by atoms with van der Waals surface area (Å²) in [5, 5.41) is 4.12. The van der Waals surface area contributed by atoms with E-state index in [1.807, 2.05) is 39.0 Å². The molecule has 0 unspecified atom stereocenters. The minimum atomic E-state index is 0.304. The van der Waals surface area contributed by atoms with Crippen LogP contribution in [0.5, 0.6) is 0 Å². The predicted molar refractivity (Wildman–Crippen MR) is 101 cm³/mol. The highest BCUT2D eigenvalue weighted by molar-refractivity contribution is 5.59. The van der Waals surface area contributed by atoms with Crippen molar-refractivity contribution >= 4 is 5.95 Å². The molecule has 136 valence electrons. The van der Waals surface area contributed by atoms with Crippen molar-refractivity contribution < 1.29 is 4.52 Å². The van der Waals surface area contributed by atoms with Gasteiger partial charge in [-0.1, -0.05) is 5.16 Å². The van der Waals surface area contributed by atoms with Crippen LogP contribution in [0, 0.1) is 20.8 Å². The minimum Gasteiger partial charge on any atom is -0.339 e. The van der Waals surface area contributed by atoms with Crippen molar-refractivity contribution in [3.05, 3.63) is 35.3 Å². The fourth-order valence-corrected chi connectivity index (χ4v) is 2.94. The van der Waals surface area contributed by atoms with Gasteiger partial charge in [0.2, 0.25) is 11.8 Å². The van der Waals surface area contributed by atoms with Gasteiger partial charge in [-0.25, -0.2) is 9.97 Å². The van der Waals surface area contributed by atoms with Crippen molar-refractivity contribution in [2.45, 2.75) is 47.6 Å². The van der Waals surface area contributed by atoms with Crippen LogP contribution in [0.25, 0.3) is 23.0 Å². The van der Waals surface area contributed by atoms with E-state index in [-0.39, 0.29) is 0 Å². The third-order valence-electron chi connectivity index (χ3n) is 4.05. The number of pyridine rings is 1. The third kappa shape index (κ3) is 3.71. The highest BCUT2D eigenvalue weighted by Crippen LogP contribution is 2.24. The standard InChI is InChI=1S/C19H24N6O/c1-7-25(11(2)3)19-21-14(6)10-16(22-19)17-23-18(26-24-17)15-8-12(4)20-13(5)9-15/h8-11H,7H2,1-6H3. The molecule has 0 N–H and O–H groups in total. The largest absolute Gasteiger partial charge is 0.339 e. The van der Waals surface area contributed by atoms with Gasteiger partial charge < -0.3 is 9.42 Å². The van der Waals surface area contributed by atoms with Crippen molar-refractivity contribution in [3.8, 4) is 23.0 Å². The summed E-state index contributed by atoms with van der Waals surface area (Å²) < 4.78 is 5.47. The maximum absolute atomic E-state index is 5.47. The topological polar surface area (TPSA) is 80.8 Å². The summed E-state index contributed by atoms with van der Waals surface area (Å²) in [7, 11) is 0. The van der Waals surface area contributed by atoms with Crippen LogP contribution < -0.4 is 4.90 Å². The smallest absolute Gasteiger partial charge is 0.258 e. The maximum Gasteiger partial charge on any atom is 0.258 e. The molecule has 0 bridgehead atoms. The second-order valence-electron chi connectivity index (χ2n) is 6.64. The predicted octanol–water partition coefficient (Wildman–Crippen LogP) is 3.75. The SMILES string of the molecule is CCN(c1nc(C)cc(-c2noc(-c3cc(C)nc(C)c3)n2)n1)C(C)C. The van der Waals surface area contributed by atoms with E-state index >= 15 is 0 Å². The molecule has 0 aliphatic carbocycles. The lowest BCUT2D eigenvalue weighted by atomic mass is 10.2. The first-order valence-corrected chi connectivity index (χ1v) is 8.79. The van der Waals surface area contributed by atoms with Crippen LogP contribution in [0.4, 0.5) is 5.95 Å². The van der Waals surface area contributed by atoms with E-state index < -0.39 is 0 Å². The second kappa shape index (κ2) is 7.19. The van der Waals surface area contributed by atoms with Gasteiger partial charge in [0.05, 0.1) is 0 Å². The van der Waals surface area contributed by atoms with Gasteiger partial charge in [-0.2, -0.15) is 4.98 Å². The quantitative estimate of drug-likeness (QED) is 0.691.